The smallest absolute Gasteiger partial charge is 0.387 e. The van der Waals surface area contributed by atoms with Gasteiger partial charge in [-0.05, 0) is 48.7 Å². The molecule has 0 aromatic heterocycles. The van der Waals surface area contributed by atoms with E-state index >= 15 is 0 Å². The number of nitrogens with one attached hydrogen (secondary N) is 1. The molecule has 2 aromatic rings. The van der Waals surface area contributed by atoms with Gasteiger partial charge in [-0.25, -0.2) is 8.42 Å². The number of sulfonamides is 1. The number of alkyl halides is 2. The number of hydrogen-bond acceptors (Lipinski definition) is 6. The van der Waals surface area contributed by atoms with Gasteiger partial charge in [0, 0.05) is 25.2 Å². The molecule has 1 amide bonds. The summed E-state index contributed by atoms with van der Waals surface area (Å²) in [6.45, 7) is -2.08. The fourth-order valence-electron chi connectivity index (χ4n) is 3.74. The molecule has 8 nitrogen and oxygen atoms in total. The van der Waals surface area contributed by atoms with Gasteiger partial charge in [-0.2, -0.15) is 13.1 Å². The van der Waals surface area contributed by atoms with Crippen LogP contribution >= 0.6 is 0 Å². The van der Waals surface area contributed by atoms with Gasteiger partial charge in [-0.1, -0.05) is 18.9 Å². The van der Waals surface area contributed by atoms with Crippen LogP contribution in [0.2, 0.25) is 0 Å². The van der Waals surface area contributed by atoms with Crippen molar-refractivity contribution >= 4 is 15.9 Å². The molecule has 0 bridgehead atoms. The van der Waals surface area contributed by atoms with Gasteiger partial charge in [-0.3, -0.25) is 4.79 Å². The minimum atomic E-state index is -3.84. The zero-order valence-electron chi connectivity index (χ0n) is 19.1. The quantitative estimate of drug-likeness (QED) is 0.565. The average Bonchev–Trinajstić information content (AvgIpc) is 3.12. The van der Waals surface area contributed by atoms with Crippen LogP contribution in [-0.2, 0) is 16.6 Å². The number of carbonyl (C=O) groups excluding carboxylic acids is 1. The Morgan fingerprint density at radius 2 is 1.62 bits per heavy atom. The second-order valence-corrected chi connectivity index (χ2v) is 9.64. The monoisotopic (exact) mass is 498 g/mol. The van der Waals surface area contributed by atoms with E-state index in [0.29, 0.717) is 18.7 Å². The minimum absolute atomic E-state index is 0.0558. The van der Waals surface area contributed by atoms with Crippen molar-refractivity contribution in [3.05, 3.63) is 47.5 Å². The van der Waals surface area contributed by atoms with Crippen LogP contribution in [0.5, 0.6) is 17.2 Å². The third kappa shape index (κ3) is 6.15. The van der Waals surface area contributed by atoms with Crippen molar-refractivity contribution in [1.29, 1.82) is 0 Å². The van der Waals surface area contributed by atoms with Crippen molar-refractivity contribution in [3.8, 4) is 17.2 Å². The molecule has 1 saturated heterocycles. The first-order chi connectivity index (χ1) is 16.3. The highest BCUT2D eigenvalue weighted by Gasteiger charge is 2.29. The van der Waals surface area contributed by atoms with Crippen molar-refractivity contribution in [3.63, 3.8) is 0 Å². The van der Waals surface area contributed by atoms with Crippen LogP contribution in [0.25, 0.3) is 0 Å². The Morgan fingerprint density at radius 1 is 0.971 bits per heavy atom. The molecule has 0 unspecified atom stereocenters. The predicted molar refractivity (Wildman–Crippen MR) is 121 cm³/mol. The summed E-state index contributed by atoms with van der Waals surface area (Å²) >= 11 is 0. The first kappa shape index (κ1) is 25.7. The third-order valence-corrected chi connectivity index (χ3v) is 7.43. The van der Waals surface area contributed by atoms with Gasteiger partial charge >= 0.3 is 6.61 Å². The lowest BCUT2D eigenvalue weighted by Gasteiger charge is -2.21. The SMILES string of the molecule is COc1cc(CNC(=O)c2ccc(OC)c(S(=O)(=O)N3CCCCCC3)c2)ccc1OC(F)F. The molecule has 186 valence electrons. The Balaban J connectivity index is 1.78. The van der Waals surface area contributed by atoms with E-state index in [-0.39, 0.29) is 34.3 Å². The summed E-state index contributed by atoms with van der Waals surface area (Å²) in [6.07, 6.45) is 3.52. The number of carbonyl (C=O) groups is 1. The molecular formula is C23H28F2N2O6S. The number of benzene rings is 2. The van der Waals surface area contributed by atoms with Crippen molar-refractivity contribution in [2.24, 2.45) is 0 Å². The summed E-state index contributed by atoms with van der Waals surface area (Å²) in [6, 6.07) is 8.57. The molecule has 1 N–H and O–H groups in total. The number of ether oxygens (including phenoxy) is 3. The van der Waals surface area contributed by atoms with Gasteiger partial charge in [0.2, 0.25) is 10.0 Å². The maximum Gasteiger partial charge on any atom is 0.387 e. The first-order valence-corrected chi connectivity index (χ1v) is 12.3. The van der Waals surface area contributed by atoms with E-state index in [9.17, 15) is 22.0 Å². The van der Waals surface area contributed by atoms with Gasteiger partial charge < -0.3 is 19.5 Å². The molecule has 1 fully saturated rings. The highest BCUT2D eigenvalue weighted by molar-refractivity contribution is 7.89. The Kier molecular flexibility index (Phi) is 8.67. The molecule has 0 atom stereocenters. The number of rotatable bonds is 9. The molecule has 1 aliphatic rings. The lowest BCUT2D eigenvalue weighted by atomic mass is 10.1. The molecule has 1 heterocycles. The van der Waals surface area contributed by atoms with Gasteiger partial charge in [0.05, 0.1) is 14.2 Å². The lowest BCUT2D eigenvalue weighted by Crippen LogP contribution is -2.32. The number of amides is 1. The molecule has 2 aromatic carbocycles. The largest absolute Gasteiger partial charge is 0.495 e. The number of hydrogen-bond donors (Lipinski definition) is 1. The standard InChI is InChI=1S/C23H28F2N2O6S/c1-31-19-10-8-17(14-21(19)34(29,30)27-11-5-3-4-6-12-27)22(28)26-15-16-7-9-18(33-23(24)25)20(13-16)32-2/h7-10,13-14,23H,3-6,11-12,15H2,1-2H3,(H,26,28). The van der Waals surface area contributed by atoms with Crippen LogP contribution in [0.15, 0.2) is 41.3 Å². The van der Waals surface area contributed by atoms with E-state index in [1.54, 1.807) is 0 Å². The van der Waals surface area contributed by atoms with Crippen molar-refractivity contribution in [2.75, 3.05) is 27.3 Å². The fraction of sp³-hybridized carbons (Fsp3) is 0.435. The van der Waals surface area contributed by atoms with E-state index < -0.39 is 22.5 Å². The molecular weight excluding hydrogens is 470 g/mol. The average molecular weight is 499 g/mol. The van der Waals surface area contributed by atoms with E-state index in [2.05, 4.69) is 10.1 Å². The van der Waals surface area contributed by atoms with Crippen LogP contribution in [-0.4, -0.2) is 52.6 Å². The topological polar surface area (TPSA) is 94.2 Å². The van der Waals surface area contributed by atoms with Crippen LogP contribution in [0.1, 0.15) is 41.6 Å². The predicted octanol–water partition coefficient (Wildman–Crippen LogP) is 3.80. The van der Waals surface area contributed by atoms with E-state index in [0.717, 1.165) is 25.7 Å². The molecule has 0 spiro atoms. The molecule has 3 rings (SSSR count). The molecule has 11 heteroatoms. The fourth-order valence-corrected chi connectivity index (χ4v) is 5.44. The number of methoxy groups -OCH3 is 2. The van der Waals surface area contributed by atoms with E-state index in [4.69, 9.17) is 9.47 Å². The van der Waals surface area contributed by atoms with Crippen LogP contribution in [0.4, 0.5) is 8.78 Å². The first-order valence-electron chi connectivity index (χ1n) is 10.8. The van der Waals surface area contributed by atoms with Gasteiger partial charge in [0.25, 0.3) is 5.91 Å². The third-order valence-electron chi connectivity index (χ3n) is 5.51. The second-order valence-electron chi connectivity index (χ2n) is 7.73. The summed E-state index contributed by atoms with van der Waals surface area (Å²) in [5, 5.41) is 2.70. The molecule has 34 heavy (non-hydrogen) atoms. The van der Waals surface area contributed by atoms with Gasteiger partial charge in [0.15, 0.2) is 11.5 Å². The maximum atomic E-state index is 13.3. The molecule has 0 aliphatic carbocycles. The zero-order chi connectivity index (χ0) is 24.7. The van der Waals surface area contributed by atoms with Crippen molar-refractivity contribution in [2.45, 2.75) is 43.7 Å². The van der Waals surface area contributed by atoms with Gasteiger partial charge in [-0.15, -0.1) is 0 Å². The highest BCUT2D eigenvalue weighted by atomic mass is 32.2. The van der Waals surface area contributed by atoms with E-state index in [1.807, 2.05) is 0 Å². The van der Waals surface area contributed by atoms with Crippen LogP contribution < -0.4 is 19.5 Å². The Morgan fingerprint density at radius 3 is 2.24 bits per heavy atom. The normalized spacial score (nSPS) is 15.0. The summed E-state index contributed by atoms with van der Waals surface area (Å²) < 4.78 is 67.7. The van der Waals surface area contributed by atoms with Gasteiger partial charge in [0.1, 0.15) is 10.6 Å². The minimum Gasteiger partial charge on any atom is -0.495 e. The molecule has 0 radical (unpaired) electrons. The molecule has 0 saturated carbocycles. The lowest BCUT2D eigenvalue weighted by molar-refractivity contribution is -0.0512. The zero-order valence-corrected chi connectivity index (χ0v) is 19.9. The maximum absolute atomic E-state index is 13.3. The summed E-state index contributed by atoms with van der Waals surface area (Å²) in [4.78, 5) is 12.7. The summed E-state index contributed by atoms with van der Waals surface area (Å²) in [5.74, 6) is -0.351. The summed E-state index contributed by atoms with van der Waals surface area (Å²) in [5.41, 5.74) is 0.733. The highest BCUT2D eigenvalue weighted by Crippen LogP contribution is 2.31. The Bertz CT molecular complexity index is 1100. The summed E-state index contributed by atoms with van der Waals surface area (Å²) in [7, 11) is -1.14. The van der Waals surface area contributed by atoms with Crippen LogP contribution in [0, 0.1) is 0 Å². The number of nitrogens with zero attached hydrogens (tertiary/aromatic N) is 1. The Labute approximate surface area is 197 Å². The second kappa shape index (κ2) is 11.5. The van der Waals surface area contributed by atoms with Crippen molar-refractivity contribution in [1.82, 2.24) is 9.62 Å². The number of halogens is 2. The Hall–Kier alpha value is -2.92. The van der Waals surface area contributed by atoms with E-state index in [1.165, 1.54) is 54.9 Å². The van der Waals surface area contributed by atoms with Crippen LogP contribution in [0.3, 0.4) is 0 Å². The van der Waals surface area contributed by atoms with Crippen molar-refractivity contribution < 1.29 is 36.2 Å². The molecule has 1 aliphatic heterocycles.